The van der Waals surface area contributed by atoms with Crippen molar-refractivity contribution in [1.82, 2.24) is 0 Å². The molecule has 0 atom stereocenters. The van der Waals surface area contributed by atoms with Gasteiger partial charge in [0.2, 0.25) is 0 Å². The summed E-state index contributed by atoms with van der Waals surface area (Å²) in [6.07, 6.45) is 0. The molecule has 0 fully saturated rings. The van der Waals surface area contributed by atoms with Gasteiger partial charge in [0.15, 0.2) is 0 Å². The molecule has 98 valence electrons. The fourth-order valence-electron chi connectivity index (χ4n) is 1.95. The zero-order valence-electron chi connectivity index (χ0n) is 11.3. The number of aromatic hydroxyl groups is 1. The molecule has 0 saturated carbocycles. The number of anilines is 1. The van der Waals surface area contributed by atoms with Gasteiger partial charge in [-0.2, -0.15) is 0 Å². The summed E-state index contributed by atoms with van der Waals surface area (Å²) in [5.74, 6) is -0.0816. The van der Waals surface area contributed by atoms with Crippen molar-refractivity contribution in [1.29, 1.82) is 0 Å². The minimum Gasteiger partial charge on any atom is -0.508 e. The Morgan fingerprint density at radius 2 is 1.63 bits per heavy atom. The zero-order valence-corrected chi connectivity index (χ0v) is 11.3. The fraction of sp³-hybridized carbons (Fsp3) is 0.188. The molecular weight excluding hydrogens is 238 g/mol. The first kappa shape index (κ1) is 13.1. The molecule has 0 bridgehead atoms. The number of nitrogens with one attached hydrogen (secondary N) is 1. The summed E-state index contributed by atoms with van der Waals surface area (Å²) in [7, 11) is 0. The molecule has 0 aliphatic rings. The Bertz CT molecular complexity index is 612. The number of hydrogen-bond donors (Lipinski definition) is 2. The van der Waals surface area contributed by atoms with E-state index in [9.17, 15) is 9.90 Å². The molecule has 3 nitrogen and oxygen atoms in total. The predicted octanol–water partition coefficient (Wildman–Crippen LogP) is 3.57. The highest BCUT2D eigenvalue weighted by molar-refractivity contribution is 6.05. The van der Waals surface area contributed by atoms with Gasteiger partial charge in [-0.05, 0) is 49.6 Å². The van der Waals surface area contributed by atoms with Crippen molar-refractivity contribution in [2.75, 3.05) is 5.32 Å². The number of hydrogen-bond acceptors (Lipinski definition) is 2. The lowest BCUT2D eigenvalue weighted by atomic mass is 10.1. The van der Waals surface area contributed by atoms with Crippen LogP contribution in [-0.2, 0) is 0 Å². The maximum atomic E-state index is 12.2. The lowest BCUT2D eigenvalue weighted by Gasteiger charge is -2.11. The van der Waals surface area contributed by atoms with Crippen LogP contribution < -0.4 is 5.32 Å². The number of benzene rings is 2. The molecule has 2 rings (SSSR count). The van der Waals surface area contributed by atoms with Crippen molar-refractivity contribution in [2.45, 2.75) is 20.8 Å². The number of rotatable bonds is 2. The van der Waals surface area contributed by atoms with E-state index in [2.05, 4.69) is 5.32 Å². The van der Waals surface area contributed by atoms with E-state index in [-0.39, 0.29) is 11.7 Å². The highest BCUT2D eigenvalue weighted by Gasteiger charge is 2.10. The van der Waals surface area contributed by atoms with Gasteiger partial charge in [-0.3, -0.25) is 4.79 Å². The number of aryl methyl sites for hydroxylation is 3. The second-order valence-corrected chi connectivity index (χ2v) is 4.72. The minimum absolute atomic E-state index is 0.133. The van der Waals surface area contributed by atoms with E-state index in [1.54, 1.807) is 19.1 Å². The summed E-state index contributed by atoms with van der Waals surface area (Å²) in [4.78, 5) is 12.2. The monoisotopic (exact) mass is 255 g/mol. The highest BCUT2D eigenvalue weighted by Crippen LogP contribution is 2.22. The maximum absolute atomic E-state index is 12.2. The van der Waals surface area contributed by atoms with E-state index in [1.807, 2.05) is 32.0 Å². The van der Waals surface area contributed by atoms with Gasteiger partial charge >= 0.3 is 0 Å². The Hall–Kier alpha value is -2.29. The number of carbonyl (C=O) groups excluding carboxylic acids is 1. The first-order valence-electron chi connectivity index (χ1n) is 6.16. The molecule has 3 heteroatoms. The standard InChI is InChI=1S/C16H17NO2/c1-10-7-8-13(9-14(10)18)16(19)17-15-11(2)5-4-6-12(15)3/h4-9,18H,1-3H3,(H,17,19). The van der Waals surface area contributed by atoms with Crippen molar-refractivity contribution in [3.8, 4) is 5.75 Å². The number of phenolic OH excluding ortho intramolecular Hbond substituents is 1. The van der Waals surface area contributed by atoms with Crippen LogP contribution in [0.25, 0.3) is 0 Å². The third-order valence-electron chi connectivity index (χ3n) is 3.19. The smallest absolute Gasteiger partial charge is 0.255 e. The first-order valence-corrected chi connectivity index (χ1v) is 6.16. The quantitative estimate of drug-likeness (QED) is 0.861. The minimum atomic E-state index is -0.215. The number of phenols is 1. The van der Waals surface area contributed by atoms with Gasteiger partial charge in [0.05, 0.1) is 0 Å². The van der Waals surface area contributed by atoms with Crippen molar-refractivity contribution < 1.29 is 9.90 Å². The van der Waals surface area contributed by atoms with Crippen LogP contribution >= 0.6 is 0 Å². The molecule has 0 saturated heterocycles. The molecule has 0 aromatic heterocycles. The van der Waals surface area contributed by atoms with Crippen molar-refractivity contribution in [3.05, 3.63) is 58.7 Å². The predicted molar refractivity (Wildman–Crippen MR) is 76.7 cm³/mol. The first-order chi connectivity index (χ1) is 8.99. The Morgan fingerprint density at radius 3 is 2.21 bits per heavy atom. The highest BCUT2D eigenvalue weighted by atomic mass is 16.3. The topological polar surface area (TPSA) is 49.3 Å². The van der Waals surface area contributed by atoms with Crippen LogP contribution in [-0.4, -0.2) is 11.0 Å². The van der Waals surface area contributed by atoms with Gasteiger partial charge in [-0.1, -0.05) is 24.3 Å². The molecule has 0 unspecified atom stereocenters. The maximum Gasteiger partial charge on any atom is 0.255 e. The molecule has 2 aromatic carbocycles. The number of amides is 1. The molecule has 0 aliphatic heterocycles. The van der Waals surface area contributed by atoms with Crippen molar-refractivity contribution in [3.63, 3.8) is 0 Å². The Morgan fingerprint density at radius 1 is 1.00 bits per heavy atom. The van der Waals surface area contributed by atoms with Gasteiger partial charge in [0.25, 0.3) is 5.91 Å². The lowest BCUT2D eigenvalue weighted by Crippen LogP contribution is -2.13. The molecule has 0 heterocycles. The van der Waals surface area contributed by atoms with Crippen LogP contribution in [0.15, 0.2) is 36.4 Å². The van der Waals surface area contributed by atoms with Crippen LogP contribution in [0.3, 0.4) is 0 Å². The average molecular weight is 255 g/mol. The van der Waals surface area contributed by atoms with Crippen molar-refractivity contribution in [2.24, 2.45) is 0 Å². The SMILES string of the molecule is Cc1ccc(C(=O)Nc2c(C)cccc2C)cc1O. The Balaban J connectivity index is 2.28. The van der Waals surface area contributed by atoms with E-state index in [0.29, 0.717) is 5.56 Å². The summed E-state index contributed by atoms with van der Waals surface area (Å²) < 4.78 is 0. The molecule has 0 spiro atoms. The Kier molecular flexibility index (Phi) is 3.56. The van der Waals surface area contributed by atoms with E-state index < -0.39 is 0 Å². The molecule has 1 amide bonds. The van der Waals surface area contributed by atoms with Crippen LogP contribution in [0, 0.1) is 20.8 Å². The molecule has 2 N–H and O–H groups in total. The van der Waals surface area contributed by atoms with Gasteiger partial charge in [0.1, 0.15) is 5.75 Å². The Labute approximate surface area is 112 Å². The molecule has 0 radical (unpaired) electrons. The van der Waals surface area contributed by atoms with Gasteiger partial charge in [-0.15, -0.1) is 0 Å². The van der Waals surface area contributed by atoms with Crippen molar-refractivity contribution >= 4 is 11.6 Å². The van der Waals surface area contributed by atoms with Crippen LogP contribution in [0.1, 0.15) is 27.0 Å². The normalized spacial score (nSPS) is 10.3. The third-order valence-corrected chi connectivity index (χ3v) is 3.19. The largest absolute Gasteiger partial charge is 0.508 e. The summed E-state index contributed by atoms with van der Waals surface area (Å²) in [5.41, 5.74) is 4.07. The van der Waals surface area contributed by atoms with Gasteiger partial charge in [-0.25, -0.2) is 0 Å². The number of carbonyl (C=O) groups is 1. The van der Waals surface area contributed by atoms with E-state index in [4.69, 9.17) is 0 Å². The fourth-order valence-corrected chi connectivity index (χ4v) is 1.95. The molecule has 0 aliphatic carbocycles. The molecule has 2 aromatic rings. The van der Waals surface area contributed by atoms with Crippen LogP contribution in [0.4, 0.5) is 5.69 Å². The molecule has 19 heavy (non-hydrogen) atoms. The number of para-hydroxylation sites is 1. The third kappa shape index (κ3) is 2.76. The van der Waals surface area contributed by atoms with Crippen LogP contribution in [0.5, 0.6) is 5.75 Å². The lowest BCUT2D eigenvalue weighted by molar-refractivity contribution is 0.102. The summed E-state index contributed by atoms with van der Waals surface area (Å²) in [5, 5.41) is 12.5. The van der Waals surface area contributed by atoms with Gasteiger partial charge < -0.3 is 10.4 Å². The summed E-state index contributed by atoms with van der Waals surface area (Å²) >= 11 is 0. The zero-order chi connectivity index (χ0) is 14.0. The molecular formula is C16H17NO2. The summed E-state index contributed by atoms with van der Waals surface area (Å²) in [6, 6.07) is 10.8. The second-order valence-electron chi connectivity index (χ2n) is 4.72. The average Bonchev–Trinajstić information content (AvgIpc) is 2.37. The van der Waals surface area contributed by atoms with E-state index >= 15 is 0 Å². The van der Waals surface area contributed by atoms with Gasteiger partial charge in [0, 0.05) is 11.3 Å². The second kappa shape index (κ2) is 5.14. The van der Waals surface area contributed by atoms with E-state index in [1.165, 1.54) is 6.07 Å². The van der Waals surface area contributed by atoms with E-state index in [0.717, 1.165) is 22.4 Å². The van der Waals surface area contributed by atoms with Crippen LogP contribution in [0.2, 0.25) is 0 Å². The summed E-state index contributed by atoms with van der Waals surface area (Å²) in [6.45, 7) is 5.70.